The number of nitrogens with zero attached hydrogens (tertiary/aromatic N) is 1. The van der Waals surface area contributed by atoms with Gasteiger partial charge >= 0.3 is 0 Å². The van der Waals surface area contributed by atoms with E-state index in [1.807, 2.05) is 30.3 Å². The summed E-state index contributed by atoms with van der Waals surface area (Å²) in [6.45, 7) is -0.106. The van der Waals surface area contributed by atoms with Crippen molar-refractivity contribution < 1.29 is 19.1 Å². The number of rotatable bonds is 8. The minimum atomic E-state index is -0.166. The van der Waals surface area contributed by atoms with Crippen molar-refractivity contribution in [3.63, 3.8) is 0 Å². The molecule has 7 heteroatoms. The average Bonchev–Trinajstić information content (AvgIpc) is 3.20. The molecule has 0 spiro atoms. The Hall–Kier alpha value is -4.13. The molecular weight excluding hydrogens is 394 g/mol. The van der Waals surface area contributed by atoms with Crippen LogP contribution in [0.4, 0.5) is 5.82 Å². The Morgan fingerprint density at radius 2 is 1.71 bits per heavy atom. The van der Waals surface area contributed by atoms with Crippen LogP contribution >= 0.6 is 0 Å². The molecule has 0 fully saturated rings. The number of methoxy groups -OCH3 is 1. The third-order valence-electron chi connectivity index (χ3n) is 4.78. The summed E-state index contributed by atoms with van der Waals surface area (Å²) in [5.74, 6) is 1.30. The van der Waals surface area contributed by atoms with Gasteiger partial charge in [-0.15, -0.1) is 0 Å². The molecule has 3 aromatic carbocycles. The monoisotopic (exact) mass is 415 g/mol. The number of aromatic nitrogens is 2. The highest BCUT2D eigenvalue weighted by Crippen LogP contribution is 2.25. The number of ketones is 1. The van der Waals surface area contributed by atoms with Crippen molar-refractivity contribution in [2.24, 2.45) is 0 Å². The van der Waals surface area contributed by atoms with Gasteiger partial charge in [0.25, 0.3) is 0 Å². The van der Waals surface area contributed by atoms with Gasteiger partial charge in [-0.3, -0.25) is 14.7 Å². The van der Waals surface area contributed by atoms with Crippen molar-refractivity contribution in [3.8, 4) is 11.5 Å². The van der Waals surface area contributed by atoms with E-state index in [9.17, 15) is 9.59 Å². The number of carbonyl (C=O) groups excluding carboxylic acids is 2. The van der Waals surface area contributed by atoms with E-state index in [0.717, 1.165) is 11.1 Å². The van der Waals surface area contributed by atoms with E-state index in [4.69, 9.17) is 9.47 Å². The van der Waals surface area contributed by atoms with Crippen molar-refractivity contribution in [2.45, 2.75) is 6.42 Å². The second kappa shape index (κ2) is 9.13. The Balaban J connectivity index is 1.42. The quantitative estimate of drug-likeness (QED) is 0.424. The molecule has 1 amide bonds. The van der Waals surface area contributed by atoms with E-state index in [2.05, 4.69) is 15.5 Å². The number of hydrogen-bond donors (Lipinski definition) is 2. The number of amides is 1. The van der Waals surface area contributed by atoms with Gasteiger partial charge in [-0.2, -0.15) is 5.10 Å². The number of fused-ring (bicyclic) bond motifs is 1. The molecule has 0 aliphatic rings. The van der Waals surface area contributed by atoms with Gasteiger partial charge in [0.15, 0.2) is 18.2 Å². The minimum absolute atomic E-state index is 0.106. The number of anilines is 1. The van der Waals surface area contributed by atoms with Crippen LogP contribution in [0, 0.1) is 0 Å². The molecule has 0 atom stereocenters. The van der Waals surface area contributed by atoms with Crippen LogP contribution in [0.3, 0.4) is 0 Å². The lowest BCUT2D eigenvalue weighted by Gasteiger charge is -2.07. The van der Waals surface area contributed by atoms with Crippen LogP contribution in [0.25, 0.3) is 10.9 Å². The number of aromatic amines is 1. The van der Waals surface area contributed by atoms with Gasteiger partial charge in [0.05, 0.1) is 19.0 Å². The summed E-state index contributed by atoms with van der Waals surface area (Å²) in [4.78, 5) is 24.8. The lowest BCUT2D eigenvalue weighted by molar-refractivity contribution is -0.115. The molecule has 0 aliphatic heterocycles. The SMILES string of the molecule is COc1ccc(C(=O)COc2ccc3[nH]nc(NC(=O)Cc4ccccc4)c3c2)cc1. The van der Waals surface area contributed by atoms with Crippen molar-refractivity contribution in [3.05, 3.63) is 83.9 Å². The molecule has 0 bridgehead atoms. The fraction of sp³-hybridized carbons (Fsp3) is 0.125. The summed E-state index contributed by atoms with van der Waals surface area (Å²) >= 11 is 0. The molecule has 1 aromatic heterocycles. The topological polar surface area (TPSA) is 93.3 Å². The first-order valence-electron chi connectivity index (χ1n) is 9.74. The largest absolute Gasteiger partial charge is 0.497 e. The first-order chi connectivity index (χ1) is 15.1. The summed E-state index contributed by atoms with van der Waals surface area (Å²) in [5, 5.41) is 10.6. The Morgan fingerprint density at radius 1 is 0.968 bits per heavy atom. The number of hydrogen-bond acceptors (Lipinski definition) is 5. The number of nitrogens with one attached hydrogen (secondary N) is 2. The summed E-state index contributed by atoms with van der Waals surface area (Å²) in [6, 6.07) is 21.6. The third-order valence-corrected chi connectivity index (χ3v) is 4.78. The summed E-state index contributed by atoms with van der Waals surface area (Å²) in [7, 11) is 1.57. The van der Waals surface area contributed by atoms with E-state index in [1.165, 1.54) is 0 Å². The van der Waals surface area contributed by atoms with Crippen LogP contribution < -0.4 is 14.8 Å². The standard InChI is InChI=1S/C24H21N3O4/c1-30-18-9-7-17(8-10-18)22(28)15-31-19-11-12-21-20(14-19)24(27-26-21)25-23(29)13-16-5-3-2-4-6-16/h2-12,14H,13,15H2,1H3,(H2,25,26,27,29). The molecule has 2 N–H and O–H groups in total. The molecular formula is C24H21N3O4. The molecule has 31 heavy (non-hydrogen) atoms. The Morgan fingerprint density at radius 3 is 2.45 bits per heavy atom. The minimum Gasteiger partial charge on any atom is -0.497 e. The smallest absolute Gasteiger partial charge is 0.230 e. The fourth-order valence-electron chi connectivity index (χ4n) is 3.14. The number of H-pyrrole nitrogens is 1. The molecule has 0 aliphatic carbocycles. The van der Waals surface area contributed by atoms with Gasteiger partial charge < -0.3 is 14.8 Å². The van der Waals surface area contributed by atoms with E-state index < -0.39 is 0 Å². The van der Waals surface area contributed by atoms with Crippen LogP contribution in [0.2, 0.25) is 0 Å². The zero-order valence-corrected chi connectivity index (χ0v) is 16.9. The van der Waals surface area contributed by atoms with Gasteiger partial charge in [-0.25, -0.2) is 0 Å². The summed E-state index contributed by atoms with van der Waals surface area (Å²) in [5.41, 5.74) is 2.21. The highest BCUT2D eigenvalue weighted by Gasteiger charge is 2.12. The molecule has 4 aromatic rings. The van der Waals surface area contributed by atoms with Crippen molar-refractivity contribution in [1.82, 2.24) is 10.2 Å². The van der Waals surface area contributed by atoms with Crippen LogP contribution in [0.15, 0.2) is 72.8 Å². The highest BCUT2D eigenvalue weighted by atomic mass is 16.5. The van der Waals surface area contributed by atoms with Crippen molar-refractivity contribution in [2.75, 3.05) is 19.0 Å². The average molecular weight is 415 g/mol. The third kappa shape index (κ3) is 4.90. The van der Waals surface area contributed by atoms with Gasteiger partial charge in [-0.05, 0) is 48.0 Å². The fourth-order valence-corrected chi connectivity index (χ4v) is 3.14. The number of ether oxygens (including phenoxy) is 2. The van der Waals surface area contributed by atoms with E-state index >= 15 is 0 Å². The van der Waals surface area contributed by atoms with E-state index in [1.54, 1.807) is 49.6 Å². The molecule has 0 saturated carbocycles. The van der Waals surface area contributed by atoms with Crippen LogP contribution in [-0.4, -0.2) is 35.6 Å². The van der Waals surface area contributed by atoms with Gasteiger partial charge in [0, 0.05) is 10.9 Å². The van der Waals surface area contributed by atoms with Gasteiger partial charge in [0.1, 0.15) is 11.5 Å². The maximum atomic E-state index is 12.4. The normalized spacial score (nSPS) is 10.6. The molecule has 0 saturated heterocycles. The summed E-state index contributed by atoms with van der Waals surface area (Å²) in [6.07, 6.45) is 0.252. The first-order valence-corrected chi connectivity index (χ1v) is 9.74. The maximum absolute atomic E-state index is 12.4. The molecule has 156 valence electrons. The van der Waals surface area contributed by atoms with Crippen molar-refractivity contribution >= 4 is 28.4 Å². The van der Waals surface area contributed by atoms with Crippen molar-refractivity contribution in [1.29, 1.82) is 0 Å². The number of benzene rings is 3. The molecule has 1 heterocycles. The zero-order chi connectivity index (χ0) is 21.6. The van der Waals surface area contributed by atoms with Crippen LogP contribution in [0.5, 0.6) is 11.5 Å². The van der Waals surface area contributed by atoms with Crippen LogP contribution in [0.1, 0.15) is 15.9 Å². The van der Waals surface area contributed by atoms with Gasteiger partial charge in [-0.1, -0.05) is 30.3 Å². The van der Waals surface area contributed by atoms with E-state index in [-0.39, 0.29) is 24.7 Å². The highest BCUT2D eigenvalue weighted by molar-refractivity contribution is 6.01. The molecule has 4 rings (SSSR count). The van der Waals surface area contributed by atoms with Gasteiger partial charge in [0.2, 0.25) is 5.91 Å². The molecule has 7 nitrogen and oxygen atoms in total. The maximum Gasteiger partial charge on any atom is 0.230 e. The van der Waals surface area contributed by atoms with E-state index in [0.29, 0.717) is 28.3 Å². The second-order valence-electron chi connectivity index (χ2n) is 6.93. The predicted molar refractivity (Wildman–Crippen MR) is 118 cm³/mol. The molecule has 0 unspecified atom stereocenters. The summed E-state index contributed by atoms with van der Waals surface area (Å²) < 4.78 is 10.8. The Kier molecular flexibility index (Phi) is 5.93. The zero-order valence-electron chi connectivity index (χ0n) is 16.9. The first kappa shape index (κ1) is 20.2. The lowest BCUT2D eigenvalue weighted by Crippen LogP contribution is -2.14. The molecule has 0 radical (unpaired) electrons. The number of Topliss-reactive ketones (excluding diaryl/α,β-unsaturated/α-hetero) is 1. The Bertz CT molecular complexity index is 1200. The second-order valence-corrected chi connectivity index (χ2v) is 6.93. The predicted octanol–water partition coefficient (Wildman–Crippen LogP) is 4.01. The van der Waals surface area contributed by atoms with Crippen LogP contribution in [-0.2, 0) is 11.2 Å². The Labute approximate surface area is 179 Å². The lowest BCUT2D eigenvalue weighted by atomic mass is 10.1. The number of carbonyl (C=O) groups is 2.